The molecule has 4 bridgehead atoms. The fraction of sp³-hybridized carbons (Fsp3) is 0.263. The van der Waals surface area contributed by atoms with Gasteiger partial charge in [-0.05, 0) is 92.2 Å². The molecule has 4 fully saturated rings. The van der Waals surface area contributed by atoms with E-state index in [2.05, 4.69) is 0 Å². The van der Waals surface area contributed by atoms with Crippen LogP contribution < -0.4 is 9.47 Å². The van der Waals surface area contributed by atoms with Crippen molar-refractivity contribution < 1.29 is 49.1 Å². The molecule has 0 aromatic heterocycles. The van der Waals surface area contributed by atoms with E-state index in [0.29, 0.717) is 23.0 Å². The predicted molar refractivity (Wildman–Crippen MR) is 172 cm³/mol. The Kier molecular flexibility index (Phi) is 7.66. The zero-order valence-corrected chi connectivity index (χ0v) is 25.7. The smallest absolute Gasteiger partial charge is 0.340 e. The molecule has 10 nitrogen and oxygen atoms in total. The first kappa shape index (κ1) is 31.0. The van der Waals surface area contributed by atoms with Crippen molar-refractivity contribution in [2.24, 2.45) is 23.7 Å². The van der Waals surface area contributed by atoms with Gasteiger partial charge in [-0.1, -0.05) is 48.5 Å². The summed E-state index contributed by atoms with van der Waals surface area (Å²) in [5.74, 6) is -5.05. The van der Waals surface area contributed by atoms with Gasteiger partial charge >= 0.3 is 23.9 Å². The van der Waals surface area contributed by atoms with E-state index in [9.17, 15) is 39.6 Å². The minimum atomic E-state index is -1.49. The van der Waals surface area contributed by atoms with E-state index in [-0.39, 0.29) is 34.8 Å². The first-order valence-electron chi connectivity index (χ1n) is 15.8. The summed E-state index contributed by atoms with van der Waals surface area (Å²) >= 11 is 0. The fourth-order valence-corrected chi connectivity index (χ4v) is 8.98. The zero-order chi connectivity index (χ0) is 33.7. The summed E-state index contributed by atoms with van der Waals surface area (Å²) in [4.78, 5) is 50.8. The van der Waals surface area contributed by atoms with Gasteiger partial charge in [-0.2, -0.15) is 0 Å². The van der Waals surface area contributed by atoms with Crippen molar-refractivity contribution >= 4 is 23.9 Å². The number of rotatable bonds is 10. The summed E-state index contributed by atoms with van der Waals surface area (Å²) in [5.41, 5.74) is -2.27. The highest BCUT2D eigenvalue weighted by atomic mass is 16.5. The molecule has 0 saturated heterocycles. The van der Waals surface area contributed by atoms with E-state index in [4.69, 9.17) is 9.47 Å². The fourth-order valence-electron chi connectivity index (χ4n) is 8.98. The summed E-state index contributed by atoms with van der Waals surface area (Å²) < 4.78 is 12.8. The van der Waals surface area contributed by atoms with Crippen molar-refractivity contribution in [3.05, 3.63) is 118 Å². The molecule has 0 unspecified atom stereocenters. The van der Waals surface area contributed by atoms with Gasteiger partial charge in [0, 0.05) is 16.5 Å². The van der Waals surface area contributed by atoms with Gasteiger partial charge in [-0.15, -0.1) is 0 Å². The van der Waals surface area contributed by atoms with Crippen LogP contribution in [0.2, 0.25) is 0 Å². The normalized spacial score (nSPS) is 21.8. The lowest BCUT2D eigenvalue weighted by Crippen LogP contribution is -2.56. The third kappa shape index (κ3) is 4.95. The number of carboxylic acid groups (broad SMARTS) is 4. The number of carboxylic acids is 4. The number of hydrogen-bond acceptors (Lipinski definition) is 6. The maximum Gasteiger partial charge on any atom is 0.340 e. The minimum absolute atomic E-state index is 0.139. The quantitative estimate of drug-likeness (QED) is 0.133. The van der Waals surface area contributed by atoms with E-state index < -0.39 is 51.5 Å². The van der Waals surface area contributed by atoms with E-state index in [1.165, 1.54) is 12.1 Å². The molecule has 0 amide bonds. The monoisotopic (exact) mass is 648 g/mol. The highest BCUT2D eigenvalue weighted by molar-refractivity contribution is 6.05. The summed E-state index contributed by atoms with van der Waals surface area (Å²) in [5, 5.41) is 41.3. The number of hydrogen-bond donors (Lipinski definition) is 4. The second kappa shape index (κ2) is 11.9. The van der Waals surface area contributed by atoms with Crippen LogP contribution in [0.4, 0.5) is 0 Å². The molecule has 4 aliphatic carbocycles. The topological polar surface area (TPSA) is 168 Å². The van der Waals surface area contributed by atoms with Crippen LogP contribution in [-0.2, 0) is 5.41 Å². The van der Waals surface area contributed by atoms with E-state index >= 15 is 0 Å². The van der Waals surface area contributed by atoms with Gasteiger partial charge < -0.3 is 29.9 Å². The standard InChI is InChI=1S/C38H32O10/c39-34(40)26-11-13-28(32(30(26)36(43)44)47-24-7-3-1-4-8-24)38(22-16-20-15-21(18-22)19-23(38)17-20)29-14-12-27(35(41)42)31(37(45)46)33(29)48-25-9-5-2-6-10-25/h1-14,20-23H,15-19H2,(H,39,40)(H,41,42)(H,43,44)(H,45,46). The third-order valence-electron chi connectivity index (χ3n) is 10.4. The largest absolute Gasteiger partial charge is 0.478 e. The number of para-hydroxylation sites is 2. The van der Waals surface area contributed by atoms with Gasteiger partial charge in [0.15, 0.2) is 0 Å². The van der Waals surface area contributed by atoms with Crippen molar-refractivity contribution in [3.63, 3.8) is 0 Å². The van der Waals surface area contributed by atoms with Crippen LogP contribution in [-0.4, -0.2) is 44.3 Å². The van der Waals surface area contributed by atoms with Gasteiger partial charge in [0.05, 0.1) is 11.1 Å². The molecule has 0 heterocycles. The summed E-state index contributed by atoms with van der Waals surface area (Å²) in [6.07, 6.45) is 4.10. The van der Waals surface area contributed by atoms with Crippen LogP contribution in [0.3, 0.4) is 0 Å². The van der Waals surface area contributed by atoms with Crippen molar-refractivity contribution in [1.29, 1.82) is 0 Å². The molecule has 4 N–H and O–H groups in total. The van der Waals surface area contributed by atoms with Crippen molar-refractivity contribution in [2.45, 2.75) is 37.5 Å². The van der Waals surface area contributed by atoms with E-state index in [1.54, 1.807) is 72.8 Å². The Morgan fingerprint density at radius 1 is 0.500 bits per heavy atom. The van der Waals surface area contributed by atoms with Crippen LogP contribution in [0.5, 0.6) is 23.0 Å². The molecule has 4 aromatic rings. The minimum Gasteiger partial charge on any atom is -0.478 e. The van der Waals surface area contributed by atoms with Crippen LogP contribution in [0.15, 0.2) is 84.9 Å². The Morgan fingerprint density at radius 2 is 0.875 bits per heavy atom. The first-order chi connectivity index (χ1) is 23.1. The molecule has 0 spiro atoms. The molecule has 244 valence electrons. The lowest BCUT2D eigenvalue weighted by atomic mass is 9.42. The number of carbonyl (C=O) groups is 4. The van der Waals surface area contributed by atoms with Crippen LogP contribution >= 0.6 is 0 Å². The van der Waals surface area contributed by atoms with Gasteiger partial charge in [0.2, 0.25) is 0 Å². The van der Waals surface area contributed by atoms with Gasteiger partial charge in [0.1, 0.15) is 34.1 Å². The third-order valence-corrected chi connectivity index (χ3v) is 10.4. The number of benzene rings is 4. The molecule has 4 aromatic carbocycles. The predicted octanol–water partition coefficient (Wildman–Crippen LogP) is 7.81. The Balaban J connectivity index is 1.61. The van der Waals surface area contributed by atoms with Gasteiger partial charge in [0.25, 0.3) is 0 Å². The lowest BCUT2D eigenvalue weighted by molar-refractivity contribution is -0.0432. The highest BCUT2D eigenvalue weighted by Gasteiger charge is 2.61. The average molecular weight is 649 g/mol. The summed E-state index contributed by atoms with van der Waals surface area (Å²) in [6, 6.07) is 22.7. The van der Waals surface area contributed by atoms with Gasteiger partial charge in [-0.3, -0.25) is 0 Å². The van der Waals surface area contributed by atoms with Crippen molar-refractivity contribution in [2.75, 3.05) is 0 Å². The molecular formula is C38H32O10. The second-order valence-corrected chi connectivity index (χ2v) is 13.0. The Morgan fingerprint density at radius 3 is 1.21 bits per heavy atom. The average Bonchev–Trinajstić information content (AvgIpc) is 3.05. The van der Waals surface area contributed by atoms with Crippen LogP contribution in [0.25, 0.3) is 0 Å². The molecule has 10 heteroatoms. The maximum atomic E-state index is 13.0. The summed E-state index contributed by atoms with van der Waals surface area (Å²) in [7, 11) is 0. The molecule has 0 atom stereocenters. The van der Waals surface area contributed by atoms with E-state index in [1.807, 2.05) is 0 Å². The van der Waals surface area contributed by atoms with Crippen LogP contribution in [0.1, 0.15) is 84.7 Å². The number of ether oxygens (including phenoxy) is 2. The maximum absolute atomic E-state index is 13.0. The molecule has 0 radical (unpaired) electrons. The Hall–Kier alpha value is -5.64. The zero-order valence-electron chi connectivity index (χ0n) is 25.7. The molecule has 8 rings (SSSR count). The van der Waals surface area contributed by atoms with Crippen molar-refractivity contribution in [1.82, 2.24) is 0 Å². The SMILES string of the molecule is O=C(O)c1ccc(C2(c3ccc(C(=O)O)c(C(=O)O)c3Oc3ccccc3)C3CC4CC(C3)CC2C4)c(Oc2ccccc2)c1C(=O)O. The Bertz CT molecular complexity index is 1800. The molecule has 48 heavy (non-hydrogen) atoms. The highest BCUT2D eigenvalue weighted by Crippen LogP contribution is 2.68. The van der Waals surface area contributed by atoms with Crippen LogP contribution in [0, 0.1) is 23.7 Å². The van der Waals surface area contributed by atoms with Crippen molar-refractivity contribution in [3.8, 4) is 23.0 Å². The second-order valence-electron chi connectivity index (χ2n) is 13.0. The molecule has 0 aliphatic heterocycles. The van der Waals surface area contributed by atoms with E-state index in [0.717, 1.165) is 32.1 Å². The first-order valence-corrected chi connectivity index (χ1v) is 15.8. The lowest BCUT2D eigenvalue weighted by Gasteiger charge is -2.62. The number of aromatic carboxylic acids is 4. The molecule has 4 aliphatic rings. The molecule has 4 saturated carbocycles. The van der Waals surface area contributed by atoms with Gasteiger partial charge in [-0.25, -0.2) is 19.2 Å². The Labute approximate surface area is 275 Å². The molecular weight excluding hydrogens is 616 g/mol. The summed E-state index contributed by atoms with van der Waals surface area (Å²) in [6.45, 7) is 0.